The maximum absolute atomic E-state index is 13.0. The van der Waals surface area contributed by atoms with Gasteiger partial charge in [0.05, 0.1) is 31.3 Å². The molecule has 1 saturated carbocycles. The number of methoxy groups -OCH3 is 2. The number of carbonyl (C=O) groups is 1. The number of benzene rings is 1. The largest absolute Gasteiger partial charge is 0.496 e. The fourth-order valence-electron chi connectivity index (χ4n) is 5.45. The summed E-state index contributed by atoms with van der Waals surface area (Å²) < 4.78 is 13.1. The van der Waals surface area contributed by atoms with Gasteiger partial charge in [0, 0.05) is 37.2 Å². The lowest BCUT2D eigenvalue weighted by molar-refractivity contribution is -0.159. The highest BCUT2D eigenvalue weighted by Crippen LogP contribution is 2.53. The van der Waals surface area contributed by atoms with Crippen molar-refractivity contribution in [2.75, 3.05) is 27.3 Å². The van der Waals surface area contributed by atoms with Crippen molar-refractivity contribution in [3.63, 3.8) is 0 Å². The molecule has 1 saturated heterocycles. The molecule has 8 nitrogen and oxygen atoms in total. The number of nitrogens with zero attached hydrogens (tertiary/aromatic N) is 3. The number of amides is 1. The smallest absolute Gasteiger partial charge is 0.407 e. The molecule has 1 aliphatic heterocycles. The highest BCUT2D eigenvalue weighted by Gasteiger charge is 2.57. The van der Waals surface area contributed by atoms with Gasteiger partial charge in [-0.3, -0.25) is 9.36 Å². The maximum atomic E-state index is 13.0. The lowest BCUT2D eigenvalue weighted by Gasteiger charge is -2.53. The molecule has 0 radical (unpaired) electrons. The Morgan fingerprint density at radius 2 is 1.94 bits per heavy atom. The summed E-state index contributed by atoms with van der Waals surface area (Å²) in [4.78, 5) is 30.7. The Bertz CT molecular complexity index is 1010. The molecule has 8 heteroatoms. The zero-order valence-electron chi connectivity index (χ0n) is 18.0. The zero-order chi connectivity index (χ0) is 22.1. The molecule has 1 atom stereocenters. The average Bonchev–Trinajstić information content (AvgIpc) is 3.25. The molecule has 1 aromatic heterocycles. The number of piperidine rings is 1. The van der Waals surface area contributed by atoms with Crippen molar-refractivity contribution in [2.45, 2.75) is 44.2 Å². The monoisotopic (exact) mass is 427 g/mol. The summed E-state index contributed by atoms with van der Waals surface area (Å²) in [6.07, 6.45) is 5.10. The Morgan fingerprint density at radius 1 is 1.19 bits per heavy atom. The highest BCUT2D eigenvalue weighted by atomic mass is 16.5. The van der Waals surface area contributed by atoms with E-state index < -0.39 is 11.7 Å². The number of ether oxygens (including phenoxy) is 2. The maximum Gasteiger partial charge on any atom is 0.407 e. The predicted octanol–water partition coefficient (Wildman–Crippen LogP) is 3.25. The number of aromatic nitrogens is 2. The van der Waals surface area contributed by atoms with Crippen LogP contribution in [-0.2, 0) is 11.3 Å². The third-order valence-electron chi connectivity index (χ3n) is 7.16. The van der Waals surface area contributed by atoms with Crippen molar-refractivity contribution < 1.29 is 19.4 Å². The molecule has 2 aromatic rings. The standard InChI is InChI=1S/C23H29N3O5/c1-30-19-8-4-3-7-17(19)18-13-20(27)26(16-24-18)15-23(31-2)11-12-25(21(28)29)14-22(23)9-5-6-10-22/h3-4,7-8,13,16H,5-6,9-12,14-15H2,1-2H3,(H,28,29)/t23-/m1/s1. The number of hydrogen-bond donors (Lipinski definition) is 1. The first-order valence-corrected chi connectivity index (χ1v) is 10.7. The molecular weight excluding hydrogens is 398 g/mol. The van der Waals surface area contributed by atoms with Crippen LogP contribution in [0.25, 0.3) is 11.3 Å². The van der Waals surface area contributed by atoms with E-state index in [2.05, 4.69) is 4.98 Å². The van der Waals surface area contributed by atoms with Crippen LogP contribution in [0, 0.1) is 5.41 Å². The molecule has 1 N–H and O–H groups in total. The Morgan fingerprint density at radius 3 is 2.58 bits per heavy atom. The van der Waals surface area contributed by atoms with Crippen LogP contribution in [0.5, 0.6) is 5.75 Å². The molecule has 1 aliphatic carbocycles. The topological polar surface area (TPSA) is 93.9 Å². The third kappa shape index (κ3) is 3.69. The second kappa shape index (κ2) is 8.34. The Balaban J connectivity index is 1.67. The summed E-state index contributed by atoms with van der Waals surface area (Å²) in [5.41, 5.74) is 0.256. The van der Waals surface area contributed by atoms with Crippen LogP contribution in [0.2, 0.25) is 0 Å². The predicted molar refractivity (Wildman–Crippen MR) is 115 cm³/mol. The van der Waals surface area contributed by atoms with Gasteiger partial charge in [0.15, 0.2) is 0 Å². The van der Waals surface area contributed by atoms with Crippen molar-refractivity contribution in [1.82, 2.24) is 14.5 Å². The molecule has 2 heterocycles. The van der Waals surface area contributed by atoms with Gasteiger partial charge >= 0.3 is 6.09 Å². The Kier molecular flexibility index (Phi) is 5.75. The van der Waals surface area contributed by atoms with Crippen LogP contribution < -0.4 is 10.3 Å². The van der Waals surface area contributed by atoms with Crippen LogP contribution in [0.4, 0.5) is 4.79 Å². The molecule has 166 valence electrons. The van der Waals surface area contributed by atoms with E-state index in [1.54, 1.807) is 25.1 Å². The summed E-state index contributed by atoms with van der Waals surface area (Å²) in [6.45, 7) is 1.19. The van der Waals surface area contributed by atoms with Crippen molar-refractivity contribution in [3.05, 3.63) is 47.0 Å². The number of carboxylic acid groups (broad SMARTS) is 1. The first-order chi connectivity index (χ1) is 14.9. The van der Waals surface area contributed by atoms with Crippen LogP contribution >= 0.6 is 0 Å². The molecule has 2 aliphatic rings. The Hall–Kier alpha value is -2.87. The third-order valence-corrected chi connectivity index (χ3v) is 7.16. The molecule has 2 fully saturated rings. The molecule has 1 spiro atoms. The van der Waals surface area contributed by atoms with E-state index in [4.69, 9.17) is 9.47 Å². The molecule has 31 heavy (non-hydrogen) atoms. The van der Waals surface area contributed by atoms with Crippen molar-refractivity contribution in [2.24, 2.45) is 5.41 Å². The number of likely N-dealkylation sites (tertiary alicyclic amines) is 1. The lowest BCUT2D eigenvalue weighted by atomic mass is 9.65. The molecule has 1 amide bonds. The van der Waals surface area contributed by atoms with Gasteiger partial charge in [-0.05, 0) is 31.4 Å². The van der Waals surface area contributed by atoms with Crippen LogP contribution in [0.3, 0.4) is 0 Å². The van der Waals surface area contributed by atoms with E-state index in [9.17, 15) is 14.7 Å². The van der Waals surface area contributed by atoms with E-state index in [-0.39, 0.29) is 11.0 Å². The van der Waals surface area contributed by atoms with Gasteiger partial charge in [-0.25, -0.2) is 9.78 Å². The summed E-state index contributed by atoms with van der Waals surface area (Å²) in [5.74, 6) is 0.659. The van der Waals surface area contributed by atoms with Gasteiger partial charge in [0.25, 0.3) is 5.56 Å². The second-order valence-electron chi connectivity index (χ2n) is 8.58. The first-order valence-electron chi connectivity index (χ1n) is 10.7. The first kappa shape index (κ1) is 21.4. The molecule has 0 bridgehead atoms. The molecule has 4 rings (SSSR count). The van der Waals surface area contributed by atoms with Gasteiger partial charge in [-0.2, -0.15) is 0 Å². The van der Waals surface area contributed by atoms with E-state index in [1.807, 2.05) is 24.3 Å². The minimum atomic E-state index is -0.893. The highest BCUT2D eigenvalue weighted by molar-refractivity contribution is 5.66. The van der Waals surface area contributed by atoms with Gasteiger partial charge in [-0.1, -0.05) is 25.0 Å². The Labute approximate surface area is 181 Å². The molecule has 0 unspecified atom stereocenters. The van der Waals surface area contributed by atoms with Crippen molar-refractivity contribution >= 4 is 6.09 Å². The van der Waals surface area contributed by atoms with E-state index in [0.29, 0.717) is 37.5 Å². The van der Waals surface area contributed by atoms with Crippen molar-refractivity contribution in [3.8, 4) is 17.0 Å². The minimum absolute atomic E-state index is 0.166. The minimum Gasteiger partial charge on any atom is -0.496 e. The van der Waals surface area contributed by atoms with E-state index >= 15 is 0 Å². The summed E-state index contributed by atoms with van der Waals surface area (Å²) in [5, 5.41) is 9.55. The van der Waals surface area contributed by atoms with Crippen molar-refractivity contribution in [1.29, 1.82) is 0 Å². The number of para-hydroxylation sites is 1. The van der Waals surface area contributed by atoms with E-state index in [1.165, 1.54) is 11.0 Å². The normalized spacial score (nSPS) is 22.6. The zero-order valence-corrected chi connectivity index (χ0v) is 18.0. The van der Waals surface area contributed by atoms with Gasteiger partial charge in [-0.15, -0.1) is 0 Å². The number of rotatable bonds is 5. The van der Waals surface area contributed by atoms with E-state index in [0.717, 1.165) is 31.2 Å². The molecule has 1 aromatic carbocycles. The quantitative estimate of drug-likeness (QED) is 0.787. The van der Waals surface area contributed by atoms with Crippen LogP contribution in [-0.4, -0.2) is 58.6 Å². The van der Waals surface area contributed by atoms with Gasteiger partial charge in [0.2, 0.25) is 0 Å². The fourth-order valence-corrected chi connectivity index (χ4v) is 5.45. The summed E-state index contributed by atoms with van der Waals surface area (Å²) in [6, 6.07) is 8.98. The van der Waals surface area contributed by atoms with Crippen LogP contribution in [0.1, 0.15) is 32.1 Å². The molecular formula is C23H29N3O5. The average molecular weight is 428 g/mol. The second-order valence-corrected chi connectivity index (χ2v) is 8.58. The van der Waals surface area contributed by atoms with Gasteiger partial charge < -0.3 is 19.5 Å². The lowest BCUT2D eigenvalue weighted by Crippen LogP contribution is -2.62. The van der Waals surface area contributed by atoms with Crippen LogP contribution in [0.15, 0.2) is 41.5 Å². The fraction of sp³-hybridized carbons (Fsp3) is 0.522. The summed E-state index contributed by atoms with van der Waals surface area (Å²) in [7, 11) is 3.27. The number of hydrogen-bond acceptors (Lipinski definition) is 5. The summed E-state index contributed by atoms with van der Waals surface area (Å²) >= 11 is 0. The van der Waals surface area contributed by atoms with Gasteiger partial charge in [0.1, 0.15) is 5.75 Å². The SMILES string of the molecule is COc1ccccc1-c1cc(=O)n(C[C@]2(OC)CCN(C(=O)O)CC23CCCC3)cn1.